The zero-order valence-electron chi connectivity index (χ0n) is 12.3. The Morgan fingerprint density at radius 1 is 1.23 bits per heavy atom. The first-order valence-corrected chi connectivity index (χ1v) is 7.14. The van der Waals surface area contributed by atoms with Crippen LogP contribution >= 0.6 is 0 Å². The molecule has 0 radical (unpaired) electrons. The fourth-order valence-corrected chi connectivity index (χ4v) is 2.26. The van der Waals surface area contributed by atoms with Crippen molar-refractivity contribution < 1.29 is 9.21 Å². The van der Waals surface area contributed by atoms with Gasteiger partial charge in [-0.1, -0.05) is 30.3 Å². The molecule has 0 bridgehead atoms. The van der Waals surface area contributed by atoms with Crippen LogP contribution in [0.3, 0.4) is 0 Å². The number of furan rings is 1. The quantitative estimate of drug-likeness (QED) is 0.787. The van der Waals surface area contributed by atoms with Crippen molar-refractivity contribution in [1.82, 2.24) is 15.1 Å². The fraction of sp³-hybridized carbons (Fsp3) is 0.176. The zero-order valence-corrected chi connectivity index (χ0v) is 12.3. The van der Waals surface area contributed by atoms with Gasteiger partial charge in [0.25, 0.3) is 0 Å². The topological polar surface area (TPSA) is 60.1 Å². The molecule has 3 rings (SSSR count). The standard InChI is InChI=1S/C17H17N3O2/c1-13(16-8-5-11-22-16)18-17(21)12-20-10-9-15(19-20)14-6-3-2-4-7-14/h2-11,13H,12H2,1H3,(H,18,21). The maximum absolute atomic E-state index is 12.1. The summed E-state index contributed by atoms with van der Waals surface area (Å²) in [6.07, 6.45) is 3.40. The molecule has 0 spiro atoms. The maximum atomic E-state index is 12.1. The molecular formula is C17H17N3O2. The van der Waals surface area contributed by atoms with Crippen LogP contribution in [0.1, 0.15) is 18.7 Å². The van der Waals surface area contributed by atoms with E-state index in [0.29, 0.717) is 0 Å². The molecule has 22 heavy (non-hydrogen) atoms. The highest BCUT2D eigenvalue weighted by Crippen LogP contribution is 2.16. The zero-order chi connectivity index (χ0) is 15.4. The van der Waals surface area contributed by atoms with E-state index in [1.54, 1.807) is 23.2 Å². The van der Waals surface area contributed by atoms with Crippen LogP contribution in [-0.4, -0.2) is 15.7 Å². The third kappa shape index (κ3) is 3.25. The van der Waals surface area contributed by atoms with Gasteiger partial charge in [0.1, 0.15) is 12.3 Å². The van der Waals surface area contributed by atoms with Crippen molar-refractivity contribution >= 4 is 5.91 Å². The monoisotopic (exact) mass is 295 g/mol. The van der Waals surface area contributed by atoms with Crippen LogP contribution in [-0.2, 0) is 11.3 Å². The van der Waals surface area contributed by atoms with Gasteiger partial charge >= 0.3 is 0 Å². The predicted molar refractivity (Wildman–Crippen MR) is 82.9 cm³/mol. The molecule has 3 aromatic rings. The summed E-state index contributed by atoms with van der Waals surface area (Å²) in [7, 11) is 0. The number of nitrogens with zero attached hydrogens (tertiary/aromatic N) is 2. The van der Waals surface area contributed by atoms with E-state index >= 15 is 0 Å². The van der Waals surface area contributed by atoms with Gasteiger partial charge in [-0.3, -0.25) is 9.48 Å². The molecule has 2 aromatic heterocycles. The van der Waals surface area contributed by atoms with E-state index in [4.69, 9.17) is 4.42 Å². The van der Waals surface area contributed by atoms with Crippen molar-refractivity contribution in [1.29, 1.82) is 0 Å². The summed E-state index contributed by atoms with van der Waals surface area (Å²) in [6.45, 7) is 2.06. The molecule has 0 aliphatic rings. The first-order chi connectivity index (χ1) is 10.7. The van der Waals surface area contributed by atoms with E-state index in [-0.39, 0.29) is 18.5 Å². The van der Waals surface area contributed by atoms with Gasteiger partial charge in [0.05, 0.1) is 18.0 Å². The molecule has 2 heterocycles. The Morgan fingerprint density at radius 3 is 2.77 bits per heavy atom. The number of amides is 1. The van der Waals surface area contributed by atoms with Crippen molar-refractivity contribution in [2.75, 3.05) is 0 Å². The highest BCUT2D eigenvalue weighted by Gasteiger charge is 2.12. The molecule has 1 N–H and O–H groups in total. The Morgan fingerprint density at radius 2 is 2.05 bits per heavy atom. The molecule has 0 aliphatic heterocycles. The minimum Gasteiger partial charge on any atom is -0.467 e. The van der Waals surface area contributed by atoms with Gasteiger partial charge in [-0.25, -0.2) is 0 Å². The first kappa shape index (κ1) is 14.1. The van der Waals surface area contributed by atoms with Gasteiger partial charge < -0.3 is 9.73 Å². The molecule has 0 saturated carbocycles. The average Bonchev–Trinajstić information content (AvgIpc) is 3.19. The van der Waals surface area contributed by atoms with Crippen LogP contribution < -0.4 is 5.32 Å². The molecular weight excluding hydrogens is 278 g/mol. The van der Waals surface area contributed by atoms with E-state index in [1.165, 1.54) is 0 Å². The number of hydrogen-bond donors (Lipinski definition) is 1. The lowest BCUT2D eigenvalue weighted by atomic mass is 10.2. The Bertz CT molecular complexity index is 732. The SMILES string of the molecule is CC(NC(=O)Cn1ccc(-c2ccccc2)n1)c1ccco1. The van der Waals surface area contributed by atoms with Gasteiger partial charge in [-0.05, 0) is 25.1 Å². The lowest BCUT2D eigenvalue weighted by Crippen LogP contribution is -2.30. The first-order valence-electron chi connectivity index (χ1n) is 7.14. The highest BCUT2D eigenvalue weighted by molar-refractivity contribution is 5.76. The average molecular weight is 295 g/mol. The summed E-state index contributed by atoms with van der Waals surface area (Å²) in [5.41, 5.74) is 1.89. The van der Waals surface area contributed by atoms with Crippen molar-refractivity contribution in [3.05, 3.63) is 66.8 Å². The third-order valence-corrected chi connectivity index (χ3v) is 3.36. The molecule has 112 valence electrons. The van der Waals surface area contributed by atoms with Gasteiger partial charge in [0, 0.05) is 11.8 Å². The van der Waals surface area contributed by atoms with E-state index < -0.39 is 0 Å². The summed E-state index contributed by atoms with van der Waals surface area (Å²) in [5.74, 6) is 0.630. The number of benzene rings is 1. The summed E-state index contributed by atoms with van der Waals surface area (Å²) in [5, 5.41) is 7.31. The smallest absolute Gasteiger partial charge is 0.242 e. The normalized spacial score (nSPS) is 12.0. The fourth-order valence-electron chi connectivity index (χ4n) is 2.26. The second-order valence-electron chi connectivity index (χ2n) is 5.07. The van der Waals surface area contributed by atoms with Crippen LogP contribution in [0.5, 0.6) is 0 Å². The number of aromatic nitrogens is 2. The Hall–Kier alpha value is -2.82. The van der Waals surface area contributed by atoms with Crippen molar-refractivity contribution in [2.24, 2.45) is 0 Å². The van der Waals surface area contributed by atoms with Crippen LogP contribution in [0.15, 0.2) is 65.4 Å². The van der Waals surface area contributed by atoms with E-state index in [1.807, 2.05) is 49.4 Å². The van der Waals surface area contributed by atoms with E-state index in [2.05, 4.69) is 10.4 Å². The second kappa shape index (κ2) is 6.30. The number of carbonyl (C=O) groups is 1. The lowest BCUT2D eigenvalue weighted by molar-refractivity contribution is -0.122. The third-order valence-electron chi connectivity index (χ3n) is 3.36. The van der Waals surface area contributed by atoms with Crippen molar-refractivity contribution in [3.8, 4) is 11.3 Å². The molecule has 5 heteroatoms. The maximum Gasteiger partial charge on any atom is 0.242 e. The molecule has 0 saturated heterocycles. The molecule has 1 atom stereocenters. The minimum absolute atomic E-state index is 0.105. The summed E-state index contributed by atoms with van der Waals surface area (Å²) < 4.78 is 6.90. The van der Waals surface area contributed by atoms with E-state index in [0.717, 1.165) is 17.0 Å². The van der Waals surface area contributed by atoms with Gasteiger partial charge in [0.2, 0.25) is 5.91 Å². The molecule has 5 nitrogen and oxygen atoms in total. The van der Waals surface area contributed by atoms with Gasteiger partial charge in [-0.2, -0.15) is 5.10 Å². The summed E-state index contributed by atoms with van der Waals surface area (Å²) in [6, 6.07) is 15.3. The molecule has 0 fully saturated rings. The predicted octanol–water partition coefficient (Wildman–Crippen LogP) is 3.02. The Balaban J connectivity index is 1.62. The second-order valence-corrected chi connectivity index (χ2v) is 5.07. The number of carbonyl (C=O) groups excluding carboxylic acids is 1. The van der Waals surface area contributed by atoms with E-state index in [9.17, 15) is 4.79 Å². The van der Waals surface area contributed by atoms with Crippen molar-refractivity contribution in [2.45, 2.75) is 19.5 Å². The molecule has 0 aliphatic carbocycles. The van der Waals surface area contributed by atoms with Crippen LogP contribution in [0, 0.1) is 0 Å². The highest BCUT2D eigenvalue weighted by atomic mass is 16.3. The van der Waals surface area contributed by atoms with Gasteiger partial charge in [0.15, 0.2) is 0 Å². The summed E-state index contributed by atoms with van der Waals surface area (Å²) in [4.78, 5) is 12.1. The molecule has 1 unspecified atom stereocenters. The molecule has 1 aromatic carbocycles. The number of hydrogen-bond acceptors (Lipinski definition) is 3. The van der Waals surface area contributed by atoms with Crippen LogP contribution in [0.2, 0.25) is 0 Å². The number of rotatable bonds is 5. The largest absolute Gasteiger partial charge is 0.467 e. The summed E-state index contributed by atoms with van der Waals surface area (Å²) >= 11 is 0. The number of nitrogens with one attached hydrogen (secondary N) is 1. The van der Waals surface area contributed by atoms with Crippen molar-refractivity contribution in [3.63, 3.8) is 0 Å². The van der Waals surface area contributed by atoms with Gasteiger partial charge in [-0.15, -0.1) is 0 Å². The Kier molecular flexibility index (Phi) is 4.05. The lowest BCUT2D eigenvalue weighted by Gasteiger charge is -2.11. The minimum atomic E-state index is -0.161. The van der Waals surface area contributed by atoms with Crippen LogP contribution in [0.4, 0.5) is 0 Å². The molecule has 1 amide bonds. The van der Waals surface area contributed by atoms with Crippen LogP contribution in [0.25, 0.3) is 11.3 Å². The Labute approximate surface area is 128 Å².